The number of nitrogens with zero attached hydrogens (tertiary/aromatic N) is 3. The molecule has 2 N–H and O–H groups in total. The number of carboxylic acids is 1. The van der Waals surface area contributed by atoms with Crippen LogP contribution < -0.4 is 5.11 Å². The van der Waals surface area contributed by atoms with E-state index in [9.17, 15) is 24.9 Å². The normalized spacial score (nSPS) is 31.0. The molecule has 4 aliphatic rings. The molecule has 0 aromatic rings. The highest BCUT2D eigenvalue weighted by atomic mass is 32.2. The van der Waals surface area contributed by atoms with Crippen molar-refractivity contribution in [3.8, 4) is 0 Å². The summed E-state index contributed by atoms with van der Waals surface area (Å²) in [5.74, 6) is -1.19. The van der Waals surface area contributed by atoms with Crippen LogP contribution in [0, 0.1) is 11.8 Å². The Kier molecular flexibility index (Phi) is 4.05. The van der Waals surface area contributed by atoms with Crippen LogP contribution in [0.5, 0.6) is 0 Å². The Bertz CT molecular complexity index is 841. The Balaban J connectivity index is 1.68. The molecular weight excluding hydrogens is 358 g/mol. The number of rotatable bonds is 5. The van der Waals surface area contributed by atoms with E-state index in [0.717, 1.165) is 10.8 Å². The van der Waals surface area contributed by atoms with Gasteiger partial charge in [-0.15, -0.1) is 0 Å². The van der Waals surface area contributed by atoms with Crippen molar-refractivity contribution in [2.75, 3.05) is 12.4 Å². The van der Waals surface area contributed by atoms with Crippen LogP contribution in [-0.2, 0) is 9.59 Å². The fraction of sp³-hybridized carbons (Fsp3) is 0.529. The lowest BCUT2D eigenvalue weighted by Gasteiger charge is -2.47. The van der Waals surface area contributed by atoms with Gasteiger partial charge in [-0.2, -0.15) is 4.58 Å². The van der Waals surface area contributed by atoms with E-state index in [1.54, 1.807) is 18.7 Å². The Morgan fingerprint density at radius 1 is 1.58 bits per heavy atom. The lowest BCUT2D eigenvalue weighted by Crippen LogP contribution is -2.64. The first kappa shape index (κ1) is 17.4. The molecule has 138 valence electrons. The third kappa shape index (κ3) is 2.23. The summed E-state index contributed by atoms with van der Waals surface area (Å²) >= 11 is 1.57. The molecular formula is C17H19N3O5S. The van der Waals surface area contributed by atoms with Crippen molar-refractivity contribution in [1.82, 2.24) is 4.90 Å². The summed E-state index contributed by atoms with van der Waals surface area (Å²) in [5.41, 5.74) is 1.05. The molecule has 4 atom stereocenters. The van der Waals surface area contributed by atoms with Gasteiger partial charge >= 0.3 is 5.84 Å². The summed E-state index contributed by atoms with van der Waals surface area (Å²) in [7, 11) is 0. The lowest BCUT2D eigenvalue weighted by atomic mass is 9.77. The number of hydrogen-bond donors (Lipinski definition) is 2. The Morgan fingerprint density at radius 2 is 2.31 bits per heavy atom. The van der Waals surface area contributed by atoms with Gasteiger partial charge in [0.1, 0.15) is 6.61 Å². The van der Waals surface area contributed by atoms with E-state index in [1.807, 2.05) is 17.7 Å². The van der Waals surface area contributed by atoms with Crippen LogP contribution in [0.15, 0.2) is 27.0 Å². The topological polar surface area (TPSA) is 116 Å². The van der Waals surface area contributed by atoms with E-state index in [-0.39, 0.29) is 36.6 Å². The maximum atomic E-state index is 12.4. The number of carbonyl (C=O) groups excluding carboxylic acids is 2. The summed E-state index contributed by atoms with van der Waals surface area (Å²) in [6.45, 7) is 3.23. The van der Waals surface area contributed by atoms with Gasteiger partial charge in [-0.3, -0.25) is 4.79 Å². The van der Waals surface area contributed by atoms with Gasteiger partial charge in [0.2, 0.25) is 16.6 Å². The van der Waals surface area contributed by atoms with Gasteiger partial charge in [0.15, 0.2) is 0 Å². The van der Waals surface area contributed by atoms with Crippen molar-refractivity contribution in [2.24, 2.45) is 16.8 Å². The molecule has 0 radical (unpaired) electrons. The number of amides is 1. The molecule has 1 fully saturated rings. The van der Waals surface area contributed by atoms with Crippen LogP contribution >= 0.6 is 11.8 Å². The Morgan fingerprint density at radius 3 is 2.92 bits per heavy atom. The lowest BCUT2D eigenvalue weighted by molar-refractivity contribution is -0.323. The van der Waals surface area contributed by atoms with Gasteiger partial charge in [-0.25, -0.2) is 0 Å². The Hall–Kier alpha value is -1.97. The molecule has 4 heterocycles. The number of aliphatic hydroxyl groups excluding tert-OH is 2. The molecule has 1 saturated heterocycles. The number of fused-ring (bicyclic) bond motifs is 2. The van der Waals surface area contributed by atoms with Crippen LogP contribution in [0.2, 0.25) is 0 Å². The van der Waals surface area contributed by atoms with Gasteiger partial charge in [-0.05, 0) is 17.5 Å². The number of carboxylic acid groups (broad SMARTS) is 1. The van der Waals surface area contributed by atoms with Crippen LogP contribution in [0.3, 0.4) is 0 Å². The van der Waals surface area contributed by atoms with E-state index >= 15 is 0 Å². The number of carbonyl (C=O) groups is 2. The van der Waals surface area contributed by atoms with Crippen molar-refractivity contribution in [3.05, 3.63) is 22.0 Å². The molecule has 0 aliphatic carbocycles. The minimum Gasteiger partial charge on any atom is -0.543 e. The highest BCUT2D eigenvalue weighted by Crippen LogP contribution is 2.48. The molecule has 26 heavy (non-hydrogen) atoms. The van der Waals surface area contributed by atoms with E-state index < -0.39 is 18.0 Å². The van der Waals surface area contributed by atoms with Gasteiger partial charge in [-0.1, -0.05) is 18.7 Å². The van der Waals surface area contributed by atoms with Crippen LogP contribution in [0.25, 0.3) is 0 Å². The van der Waals surface area contributed by atoms with Crippen LogP contribution in [0.4, 0.5) is 0 Å². The average molecular weight is 377 g/mol. The average Bonchev–Trinajstić information content (AvgIpc) is 3.22. The SMILES string of the molecule is C[C@@H](O)[C@H]1C(=O)N2C(C(=O)[O-])=C(CC3=NC(CO)=C4SCC=[N+]34)[C@H](C)[C@H]12. The summed E-state index contributed by atoms with van der Waals surface area (Å²) in [5, 5.41) is 32.0. The standard InChI is InChI=1S/C17H19N3O5S/c1-7-9(5-11-18-10(6-21)16-19(11)3-4-26-16)14(17(24)25)20-13(7)12(8(2)22)15(20)23/h3,7-8,12-13,21-22H,4-6H2,1-2H3/t7-,8+,12+,13+/m0/s1. The molecule has 0 bridgehead atoms. The number of hydrogen-bond acceptors (Lipinski definition) is 7. The summed E-state index contributed by atoms with van der Waals surface area (Å²) in [6.07, 6.45) is 1.36. The Labute approximate surface area is 154 Å². The first-order valence-electron chi connectivity index (χ1n) is 8.49. The monoisotopic (exact) mass is 377 g/mol. The molecule has 0 aromatic carbocycles. The predicted octanol–water partition coefficient (Wildman–Crippen LogP) is -1.36. The molecule has 0 aromatic heterocycles. The third-order valence-corrected chi connectivity index (χ3v) is 6.51. The van der Waals surface area contributed by atoms with E-state index in [1.165, 1.54) is 4.90 Å². The smallest absolute Gasteiger partial charge is 0.308 e. The second-order valence-electron chi connectivity index (χ2n) is 6.89. The summed E-state index contributed by atoms with van der Waals surface area (Å²) < 4.78 is 1.88. The van der Waals surface area contributed by atoms with E-state index in [4.69, 9.17) is 0 Å². The minimum atomic E-state index is -1.39. The zero-order valence-electron chi connectivity index (χ0n) is 14.4. The largest absolute Gasteiger partial charge is 0.543 e. The van der Waals surface area contributed by atoms with Crippen molar-refractivity contribution in [1.29, 1.82) is 0 Å². The van der Waals surface area contributed by atoms with Gasteiger partial charge in [0.05, 0.1) is 48.1 Å². The molecule has 4 aliphatic heterocycles. The third-order valence-electron chi connectivity index (χ3n) is 5.49. The van der Waals surface area contributed by atoms with Crippen LogP contribution in [0.1, 0.15) is 20.3 Å². The highest BCUT2D eigenvalue weighted by molar-refractivity contribution is 8.03. The summed E-state index contributed by atoms with van der Waals surface area (Å²) in [4.78, 5) is 29.8. The molecule has 4 rings (SSSR count). The predicted molar refractivity (Wildman–Crippen MR) is 91.9 cm³/mol. The number of aliphatic carboxylic acids is 1. The second-order valence-corrected chi connectivity index (χ2v) is 7.90. The molecule has 8 nitrogen and oxygen atoms in total. The molecule has 1 amide bonds. The quantitative estimate of drug-likeness (QED) is 0.452. The number of thioether (sulfide) groups is 1. The highest BCUT2D eigenvalue weighted by Gasteiger charge is 2.59. The van der Waals surface area contributed by atoms with Gasteiger partial charge in [0.25, 0.3) is 0 Å². The van der Waals surface area contributed by atoms with Crippen LogP contribution in [-0.4, -0.2) is 68.1 Å². The van der Waals surface area contributed by atoms with E-state index in [2.05, 4.69) is 4.99 Å². The second kappa shape index (κ2) is 6.04. The van der Waals surface area contributed by atoms with Crippen molar-refractivity contribution in [3.63, 3.8) is 0 Å². The zero-order valence-corrected chi connectivity index (χ0v) is 15.2. The maximum absolute atomic E-state index is 12.4. The number of amidine groups is 1. The van der Waals surface area contributed by atoms with Gasteiger partial charge in [0, 0.05) is 5.92 Å². The first-order valence-corrected chi connectivity index (χ1v) is 9.47. The molecule has 0 spiro atoms. The number of aliphatic imine (C=N–C) groups is 1. The van der Waals surface area contributed by atoms with Gasteiger partial charge < -0.3 is 25.0 Å². The fourth-order valence-electron chi connectivity index (χ4n) is 4.31. The number of aliphatic hydroxyl groups is 2. The van der Waals surface area contributed by atoms with Crippen molar-refractivity contribution < 1.29 is 29.5 Å². The minimum absolute atomic E-state index is 0.0991. The first-order chi connectivity index (χ1) is 12.4. The van der Waals surface area contributed by atoms with E-state index in [0.29, 0.717) is 17.1 Å². The zero-order chi connectivity index (χ0) is 18.7. The van der Waals surface area contributed by atoms with Crippen molar-refractivity contribution in [2.45, 2.75) is 32.4 Å². The fourth-order valence-corrected chi connectivity index (χ4v) is 5.29. The molecule has 0 unspecified atom stereocenters. The number of β-lactam (4-membered cyclic amide) rings is 1. The summed E-state index contributed by atoms with van der Waals surface area (Å²) in [6, 6.07) is -0.367. The molecule has 0 saturated carbocycles. The maximum Gasteiger partial charge on any atom is 0.308 e. The van der Waals surface area contributed by atoms with Crippen molar-refractivity contribution >= 4 is 35.7 Å². The molecule has 9 heteroatoms.